The van der Waals surface area contributed by atoms with E-state index >= 15 is 0 Å². The first kappa shape index (κ1) is 20.7. The van der Waals surface area contributed by atoms with Gasteiger partial charge >= 0.3 is 0 Å². The lowest BCUT2D eigenvalue weighted by atomic mass is 9.74. The topological polar surface area (TPSA) is 86.1 Å². The van der Waals surface area contributed by atoms with Gasteiger partial charge in [-0.25, -0.2) is 4.99 Å². The Bertz CT molecular complexity index is 751. The van der Waals surface area contributed by atoms with Crippen molar-refractivity contribution in [3.63, 3.8) is 0 Å². The molecule has 4 N–H and O–H groups in total. The van der Waals surface area contributed by atoms with E-state index in [2.05, 4.69) is 22.0 Å². The zero-order valence-electron chi connectivity index (χ0n) is 17.6. The van der Waals surface area contributed by atoms with E-state index in [1.165, 1.54) is 5.56 Å². The van der Waals surface area contributed by atoms with Gasteiger partial charge < -0.3 is 20.9 Å². The van der Waals surface area contributed by atoms with E-state index in [9.17, 15) is 0 Å². The summed E-state index contributed by atoms with van der Waals surface area (Å²) in [6, 6.07) is 6.21. The second kappa shape index (κ2) is 8.53. The molecule has 1 fully saturated rings. The Morgan fingerprint density at radius 1 is 1.25 bits per heavy atom. The summed E-state index contributed by atoms with van der Waals surface area (Å²) in [6.07, 6.45) is 4.95. The van der Waals surface area contributed by atoms with Gasteiger partial charge in [-0.2, -0.15) is 0 Å². The van der Waals surface area contributed by atoms with Crippen molar-refractivity contribution < 1.29 is 9.47 Å². The molecular weight excluding hydrogens is 352 g/mol. The molecule has 1 aromatic carbocycles. The molecule has 1 saturated heterocycles. The molecule has 0 amide bonds. The minimum Gasteiger partial charge on any atom is -0.493 e. The molecule has 6 nitrogen and oxygen atoms in total. The van der Waals surface area contributed by atoms with Gasteiger partial charge in [-0.3, -0.25) is 4.90 Å². The number of ether oxygens (including phenoxy) is 2. The maximum absolute atomic E-state index is 6.69. The molecule has 6 heteroatoms. The standard InChI is InChI=1S/C22H34N4O2/c1-15(2)28-20-11-17(5-6-19(20)27-4)13-26-9-7-18(8-10-26)22(24)12-16(3)21(23)25-14-22/h5-6,11,14-15,18H,7-10,12-13,23-24H2,1-4H3. The lowest BCUT2D eigenvalue weighted by molar-refractivity contribution is 0.148. The fraction of sp³-hybridized carbons (Fsp3) is 0.591. The Hall–Kier alpha value is -2.05. The summed E-state index contributed by atoms with van der Waals surface area (Å²) < 4.78 is 11.3. The third-order valence-corrected chi connectivity index (χ3v) is 5.80. The number of aliphatic imine (C=N–C) groups is 1. The molecule has 3 rings (SSSR count). The highest BCUT2D eigenvalue weighted by atomic mass is 16.5. The van der Waals surface area contributed by atoms with Crippen LogP contribution in [0.3, 0.4) is 0 Å². The zero-order valence-corrected chi connectivity index (χ0v) is 17.6. The van der Waals surface area contributed by atoms with Crippen LogP contribution in [-0.4, -0.2) is 43.0 Å². The van der Waals surface area contributed by atoms with Gasteiger partial charge in [0, 0.05) is 12.8 Å². The van der Waals surface area contributed by atoms with E-state index in [1.54, 1.807) is 7.11 Å². The summed E-state index contributed by atoms with van der Waals surface area (Å²) in [7, 11) is 1.68. The highest BCUT2D eigenvalue weighted by Crippen LogP contribution is 2.34. The predicted molar refractivity (Wildman–Crippen MR) is 114 cm³/mol. The number of nitrogens with zero attached hydrogens (tertiary/aromatic N) is 2. The quantitative estimate of drug-likeness (QED) is 0.785. The smallest absolute Gasteiger partial charge is 0.161 e. The Kier molecular flexibility index (Phi) is 6.30. The van der Waals surface area contributed by atoms with Gasteiger partial charge in [0.05, 0.1) is 18.8 Å². The molecule has 1 unspecified atom stereocenters. The number of nitrogens with two attached hydrogens (primary N) is 2. The van der Waals surface area contributed by atoms with Gasteiger partial charge in [-0.1, -0.05) is 6.07 Å². The number of piperidine rings is 1. The highest BCUT2D eigenvalue weighted by Gasteiger charge is 2.37. The van der Waals surface area contributed by atoms with Crippen LogP contribution in [0.4, 0.5) is 0 Å². The second-order valence-electron chi connectivity index (χ2n) is 8.42. The van der Waals surface area contributed by atoms with Crippen molar-refractivity contribution in [2.24, 2.45) is 22.4 Å². The van der Waals surface area contributed by atoms with Crippen molar-refractivity contribution in [3.05, 3.63) is 35.2 Å². The third-order valence-electron chi connectivity index (χ3n) is 5.80. The zero-order chi connectivity index (χ0) is 20.3. The predicted octanol–water partition coefficient (Wildman–Crippen LogP) is 3.06. The summed E-state index contributed by atoms with van der Waals surface area (Å²) in [5.41, 5.74) is 14.6. The van der Waals surface area contributed by atoms with E-state index in [0.29, 0.717) is 11.7 Å². The number of methoxy groups -OCH3 is 1. The minimum absolute atomic E-state index is 0.115. The van der Waals surface area contributed by atoms with Gasteiger partial charge in [0.1, 0.15) is 5.82 Å². The molecule has 0 aliphatic carbocycles. The van der Waals surface area contributed by atoms with Gasteiger partial charge in [-0.05, 0) is 82.3 Å². The lowest BCUT2D eigenvalue weighted by Crippen LogP contribution is -2.53. The molecule has 1 atom stereocenters. The monoisotopic (exact) mass is 386 g/mol. The van der Waals surface area contributed by atoms with Crippen LogP contribution in [0.2, 0.25) is 0 Å². The largest absolute Gasteiger partial charge is 0.493 e. The van der Waals surface area contributed by atoms with Crippen LogP contribution in [0.25, 0.3) is 0 Å². The number of rotatable bonds is 6. The van der Waals surface area contributed by atoms with E-state index in [4.69, 9.17) is 20.9 Å². The van der Waals surface area contributed by atoms with Crippen molar-refractivity contribution in [3.8, 4) is 11.5 Å². The summed E-state index contributed by atoms with van der Waals surface area (Å²) in [5.74, 6) is 2.65. The van der Waals surface area contributed by atoms with Gasteiger partial charge in [0.25, 0.3) is 0 Å². The maximum Gasteiger partial charge on any atom is 0.161 e. The van der Waals surface area contributed by atoms with Gasteiger partial charge in [-0.15, -0.1) is 0 Å². The van der Waals surface area contributed by atoms with E-state index in [1.807, 2.05) is 33.1 Å². The van der Waals surface area contributed by atoms with Crippen LogP contribution in [0, 0.1) is 5.92 Å². The molecule has 2 aliphatic heterocycles. The van der Waals surface area contributed by atoms with Crippen LogP contribution >= 0.6 is 0 Å². The minimum atomic E-state index is -0.364. The second-order valence-corrected chi connectivity index (χ2v) is 8.42. The van der Waals surface area contributed by atoms with E-state index in [-0.39, 0.29) is 11.6 Å². The molecule has 2 heterocycles. The number of hydrogen-bond donors (Lipinski definition) is 2. The van der Waals surface area contributed by atoms with Crippen LogP contribution in [0.15, 0.2) is 34.6 Å². The Morgan fingerprint density at radius 3 is 2.57 bits per heavy atom. The first-order valence-electron chi connectivity index (χ1n) is 10.2. The number of benzene rings is 1. The molecule has 2 aliphatic rings. The molecule has 0 spiro atoms. The lowest BCUT2D eigenvalue weighted by Gasteiger charge is -2.42. The van der Waals surface area contributed by atoms with Crippen LogP contribution in [0.5, 0.6) is 11.5 Å². The van der Waals surface area contributed by atoms with Crippen LogP contribution in [0.1, 0.15) is 45.6 Å². The van der Waals surface area contributed by atoms with Gasteiger partial charge in [0.15, 0.2) is 11.5 Å². The molecule has 28 heavy (non-hydrogen) atoms. The summed E-state index contributed by atoms with van der Waals surface area (Å²) in [6.45, 7) is 9.05. The Balaban J connectivity index is 1.60. The molecule has 0 aromatic heterocycles. The summed E-state index contributed by atoms with van der Waals surface area (Å²) >= 11 is 0. The van der Waals surface area contributed by atoms with Crippen molar-refractivity contribution in [2.75, 3.05) is 20.2 Å². The van der Waals surface area contributed by atoms with E-state index in [0.717, 1.165) is 56.0 Å². The molecule has 0 bridgehead atoms. The normalized spacial score (nSPS) is 24.1. The fourth-order valence-corrected chi connectivity index (χ4v) is 4.20. The average Bonchev–Trinajstić information content (AvgIpc) is 2.65. The van der Waals surface area contributed by atoms with Crippen LogP contribution in [-0.2, 0) is 6.54 Å². The van der Waals surface area contributed by atoms with Crippen molar-refractivity contribution >= 4 is 6.21 Å². The molecular formula is C22H34N4O2. The molecule has 154 valence electrons. The summed E-state index contributed by atoms with van der Waals surface area (Å²) in [5, 5.41) is 0. The molecule has 0 saturated carbocycles. The first-order valence-corrected chi connectivity index (χ1v) is 10.2. The SMILES string of the molecule is COc1ccc(CN2CCC(C3(N)C=NC(N)=C(C)C3)CC2)cc1OC(C)C. The van der Waals surface area contributed by atoms with Crippen molar-refractivity contribution in [2.45, 2.75) is 58.2 Å². The van der Waals surface area contributed by atoms with Crippen molar-refractivity contribution in [1.29, 1.82) is 0 Å². The number of likely N-dealkylation sites (tertiary alicyclic amines) is 1. The van der Waals surface area contributed by atoms with E-state index < -0.39 is 0 Å². The maximum atomic E-state index is 6.69. The summed E-state index contributed by atoms with van der Waals surface area (Å²) in [4.78, 5) is 6.83. The van der Waals surface area contributed by atoms with Crippen LogP contribution < -0.4 is 20.9 Å². The van der Waals surface area contributed by atoms with Gasteiger partial charge in [0.2, 0.25) is 0 Å². The molecule has 0 radical (unpaired) electrons. The number of hydrogen-bond acceptors (Lipinski definition) is 6. The fourth-order valence-electron chi connectivity index (χ4n) is 4.20. The molecule has 1 aromatic rings. The first-order chi connectivity index (χ1) is 13.3. The Morgan fingerprint density at radius 2 is 1.96 bits per heavy atom. The third kappa shape index (κ3) is 4.67. The highest BCUT2D eigenvalue weighted by molar-refractivity contribution is 5.74. The Labute approximate surface area is 168 Å². The average molecular weight is 387 g/mol. The van der Waals surface area contributed by atoms with Crippen molar-refractivity contribution in [1.82, 2.24) is 4.90 Å².